The summed E-state index contributed by atoms with van der Waals surface area (Å²) in [6.07, 6.45) is 2.93. The number of ether oxygens (including phenoxy) is 1. The number of likely N-dealkylation sites (tertiary alicyclic amines) is 1. The molecule has 0 aliphatic carbocycles. The Hall–Kier alpha value is -2.97. The molecule has 0 saturated carbocycles. The Morgan fingerprint density at radius 3 is 2.78 bits per heavy atom. The van der Waals surface area contributed by atoms with E-state index in [2.05, 4.69) is 21.9 Å². The highest BCUT2D eigenvalue weighted by molar-refractivity contribution is 7.71. The zero-order valence-electron chi connectivity index (χ0n) is 17.5. The van der Waals surface area contributed by atoms with Crippen molar-refractivity contribution >= 4 is 52.1 Å². The van der Waals surface area contributed by atoms with Crippen molar-refractivity contribution in [3.63, 3.8) is 0 Å². The van der Waals surface area contributed by atoms with Crippen molar-refractivity contribution in [1.29, 1.82) is 0 Å². The molecule has 0 atom stereocenters. The lowest BCUT2D eigenvalue weighted by Gasteiger charge is -2.32. The standard InChI is InChI=1S/C23H22ClFN4O2S/c1-3-20(30)29-8-6-13(7-9-29)16-11-15(31-2)12-19-21(16)22(28-23(32)27-19)26-14-4-5-18(25)17(24)10-14/h3-5,10-13H,1,6-9H2,2H3,(H2,26,27,28,32). The van der Waals surface area contributed by atoms with Gasteiger partial charge in [-0.3, -0.25) is 4.79 Å². The second kappa shape index (κ2) is 9.26. The number of methoxy groups -OCH3 is 1. The van der Waals surface area contributed by atoms with Gasteiger partial charge in [-0.15, -0.1) is 0 Å². The van der Waals surface area contributed by atoms with Crippen LogP contribution in [0.1, 0.15) is 24.3 Å². The molecule has 2 heterocycles. The van der Waals surface area contributed by atoms with E-state index in [0.29, 0.717) is 35.1 Å². The number of anilines is 2. The highest BCUT2D eigenvalue weighted by Crippen LogP contribution is 2.39. The third-order valence-corrected chi connectivity index (χ3v) is 6.16. The SMILES string of the molecule is C=CC(=O)N1CCC(c2cc(OC)cc3[nH]c(=S)nc(Nc4ccc(F)c(Cl)c4)c23)CC1. The number of halogens is 2. The van der Waals surface area contributed by atoms with Crippen molar-refractivity contribution in [2.75, 3.05) is 25.5 Å². The lowest BCUT2D eigenvalue weighted by atomic mass is 9.86. The highest BCUT2D eigenvalue weighted by Gasteiger charge is 2.26. The second-order valence-electron chi connectivity index (χ2n) is 7.59. The Morgan fingerprint density at radius 1 is 1.38 bits per heavy atom. The fourth-order valence-electron chi connectivity index (χ4n) is 4.08. The number of carbonyl (C=O) groups is 1. The number of piperidine rings is 1. The third-order valence-electron chi connectivity index (χ3n) is 5.67. The molecule has 4 rings (SSSR count). The van der Waals surface area contributed by atoms with Crippen LogP contribution in [0, 0.1) is 10.6 Å². The molecule has 2 aromatic carbocycles. The van der Waals surface area contributed by atoms with Gasteiger partial charge in [-0.2, -0.15) is 0 Å². The van der Waals surface area contributed by atoms with Crippen LogP contribution >= 0.6 is 23.8 Å². The first kappa shape index (κ1) is 22.2. The largest absolute Gasteiger partial charge is 0.497 e. The molecule has 1 fully saturated rings. The van der Waals surface area contributed by atoms with Crippen molar-refractivity contribution in [3.8, 4) is 5.75 Å². The zero-order valence-corrected chi connectivity index (χ0v) is 19.0. The van der Waals surface area contributed by atoms with E-state index in [0.717, 1.165) is 29.3 Å². The molecule has 3 aromatic rings. The molecule has 0 bridgehead atoms. The molecule has 1 amide bonds. The van der Waals surface area contributed by atoms with E-state index in [9.17, 15) is 9.18 Å². The van der Waals surface area contributed by atoms with Crippen molar-refractivity contribution in [1.82, 2.24) is 14.9 Å². The maximum atomic E-state index is 13.6. The lowest BCUT2D eigenvalue weighted by molar-refractivity contribution is -0.127. The predicted molar refractivity (Wildman–Crippen MR) is 127 cm³/mol. The van der Waals surface area contributed by atoms with E-state index >= 15 is 0 Å². The topological polar surface area (TPSA) is 70.2 Å². The molecule has 1 aromatic heterocycles. The number of carbonyl (C=O) groups excluding carboxylic acids is 1. The van der Waals surface area contributed by atoms with Crippen LogP contribution in [0.4, 0.5) is 15.9 Å². The minimum atomic E-state index is -0.494. The number of amides is 1. The van der Waals surface area contributed by atoms with Gasteiger partial charge in [-0.05, 0) is 66.9 Å². The average Bonchev–Trinajstić information content (AvgIpc) is 2.80. The number of rotatable bonds is 5. The molecule has 0 spiro atoms. The maximum Gasteiger partial charge on any atom is 0.245 e. The quantitative estimate of drug-likeness (QED) is 0.366. The normalized spacial score (nSPS) is 14.4. The molecule has 1 aliphatic heterocycles. The van der Waals surface area contributed by atoms with Gasteiger partial charge in [0.1, 0.15) is 17.4 Å². The summed E-state index contributed by atoms with van der Waals surface area (Å²) in [5, 5.41) is 4.13. The zero-order chi connectivity index (χ0) is 22.8. The summed E-state index contributed by atoms with van der Waals surface area (Å²) in [7, 11) is 1.62. The molecule has 166 valence electrons. The number of nitrogens with zero attached hydrogens (tertiary/aromatic N) is 2. The van der Waals surface area contributed by atoms with Crippen LogP contribution in [0.2, 0.25) is 5.02 Å². The molecular formula is C23H22ClFN4O2S. The fourth-order valence-corrected chi connectivity index (χ4v) is 4.46. The fraction of sp³-hybridized carbons (Fsp3) is 0.261. The van der Waals surface area contributed by atoms with Crippen LogP contribution in [0.5, 0.6) is 5.75 Å². The molecular weight excluding hydrogens is 451 g/mol. The molecule has 9 heteroatoms. The highest BCUT2D eigenvalue weighted by atomic mass is 35.5. The molecule has 32 heavy (non-hydrogen) atoms. The summed E-state index contributed by atoms with van der Waals surface area (Å²) in [6.45, 7) is 4.86. The maximum absolute atomic E-state index is 13.6. The van der Waals surface area contributed by atoms with Gasteiger partial charge in [-0.25, -0.2) is 9.37 Å². The van der Waals surface area contributed by atoms with Crippen LogP contribution in [0.25, 0.3) is 10.9 Å². The van der Waals surface area contributed by atoms with E-state index in [1.54, 1.807) is 18.1 Å². The lowest BCUT2D eigenvalue weighted by Crippen LogP contribution is -2.36. The summed E-state index contributed by atoms with van der Waals surface area (Å²) >= 11 is 11.3. The van der Waals surface area contributed by atoms with Crippen molar-refractivity contribution < 1.29 is 13.9 Å². The number of aromatic amines is 1. The number of benzene rings is 2. The van der Waals surface area contributed by atoms with Gasteiger partial charge in [0.2, 0.25) is 5.91 Å². The van der Waals surface area contributed by atoms with Crippen molar-refractivity contribution in [2.45, 2.75) is 18.8 Å². The van der Waals surface area contributed by atoms with Gasteiger partial charge in [0.15, 0.2) is 4.77 Å². The first-order chi connectivity index (χ1) is 15.4. The average molecular weight is 473 g/mol. The first-order valence-corrected chi connectivity index (χ1v) is 10.9. The molecule has 2 N–H and O–H groups in total. The van der Waals surface area contributed by atoms with E-state index in [1.807, 2.05) is 12.1 Å². The third kappa shape index (κ3) is 4.47. The molecule has 1 saturated heterocycles. The van der Waals surface area contributed by atoms with Gasteiger partial charge in [0.05, 0.1) is 17.6 Å². The Bertz CT molecular complexity index is 1250. The predicted octanol–water partition coefficient (Wildman–Crippen LogP) is 5.73. The number of hydrogen-bond acceptors (Lipinski definition) is 5. The molecule has 1 aliphatic rings. The number of aromatic nitrogens is 2. The van der Waals surface area contributed by atoms with Crippen LogP contribution in [0.3, 0.4) is 0 Å². The first-order valence-electron chi connectivity index (χ1n) is 10.1. The van der Waals surface area contributed by atoms with Gasteiger partial charge >= 0.3 is 0 Å². The Balaban J connectivity index is 1.79. The van der Waals surface area contributed by atoms with Gasteiger partial charge in [0, 0.05) is 30.2 Å². The molecule has 0 radical (unpaired) electrons. The summed E-state index contributed by atoms with van der Waals surface area (Å²) in [5.74, 6) is 0.885. The second-order valence-corrected chi connectivity index (χ2v) is 8.38. The van der Waals surface area contributed by atoms with E-state index in [-0.39, 0.29) is 16.8 Å². The molecule has 0 unspecified atom stereocenters. The van der Waals surface area contributed by atoms with Crippen LogP contribution in [-0.4, -0.2) is 41.0 Å². The van der Waals surface area contributed by atoms with Crippen molar-refractivity contribution in [3.05, 3.63) is 64.2 Å². The van der Waals surface area contributed by atoms with E-state index < -0.39 is 5.82 Å². The van der Waals surface area contributed by atoms with E-state index in [4.69, 9.17) is 28.6 Å². The summed E-state index contributed by atoms with van der Waals surface area (Å²) in [6, 6.07) is 8.27. The smallest absolute Gasteiger partial charge is 0.245 e. The number of fused-ring (bicyclic) bond motifs is 1. The van der Waals surface area contributed by atoms with Gasteiger partial charge in [0.25, 0.3) is 0 Å². The number of hydrogen-bond donors (Lipinski definition) is 2. The molecule has 6 nitrogen and oxygen atoms in total. The van der Waals surface area contributed by atoms with Crippen molar-refractivity contribution in [2.24, 2.45) is 0 Å². The van der Waals surface area contributed by atoms with Crippen LogP contribution in [0.15, 0.2) is 43.0 Å². The summed E-state index contributed by atoms with van der Waals surface area (Å²) < 4.78 is 19.4. The Labute approximate surface area is 195 Å². The number of H-pyrrole nitrogens is 1. The Kier molecular flexibility index (Phi) is 6.43. The van der Waals surface area contributed by atoms with E-state index in [1.165, 1.54) is 18.2 Å². The van der Waals surface area contributed by atoms with Gasteiger partial charge < -0.3 is 19.9 Å². The van der Waals surface area contributed by atoms with Crippen LogP contribution < -0.4 is 10.1 Å². The Morgan fingerprint density at radius 2 is 2.12 bits per heavy atom. The van der Waals surface area contributed by atoms with Crippen LogP contribution in [-0.2, 0) is 4.79 Å². The monoisotopic (exact) mass is 472 g/mol. The summed E-state index contributed by atoms with van der Waals surface area (Å²) in [4.78, 5) is 21.4. The number of nitrogens with one attached hydrogen (secondary N) is 2. The minimum Gasteiger partial charge on any atom is -0.497 e. The minimum absolute atomic E-state index is 0.0153. The van der Waals surface area contributed by atoms with Gasteiger partial charge in [-0.1, -0.05) is 18.2 Å². The summed E-state index contributed by atoms with van der Waals surface area (Å²) in [5.41, 5.74) is 2.41.